The lowest BCUT2D eigenvalue weighted by atomic mass is 10.2. The van der Waals surface area contributed by atoms with Crippen molar-refractivity contribution in [2.75, 3.05) is 57.8 Å². The number of nitrogens with zero attached hydrogens (tertiary/aromatic N) is 4. The predicted octanol–water partition coefficient (Wildman–Crippen LogP) is 2.00. The largest absolute Gasteiger partial charge is 0.369 e. The van der Waals surface area contributed by atoms with Crippen molar-refractivity contribution in [1.29, 1.82) is 0 Å². The van der Waals surface area contributed by atoms with E-state index in [-0.39, 0.29) is 0 Å². The lowest BCUT2D eigenvalue weighted by Gasteiger charge is -2.36. The van der Waals surface area contributed by atoms with Gasteiger partial charge < -0.3 is 15.5 Å². The SMILES string of the molecule is CN=C(NCCCN1CCN(c2ccccc2)CC1)NCCc1ccccn1. The molecule has 0 bridgehead atoms. The minimum absolute atomic E-state index is 0.831. The molecule has 1 fully saturated rings. The highest BCUT2D eigenvalue weighted by Gasteiger charge is 2.16. The Labute approximate surface area is 168 Å². The average Bonchev–Trinajstić information content (AvgIpc) is 2.77. The van der Waals surface area contributed by atoms with Gasteiger partial charge in [-0.05, 0) is 37.2 Å². The van der Waals surface area contributed by atoms with E-state index in [0.29, 0.717) is 0 Å². The highest BCUT2D eigenvalue weighted by Crippen LogP contribution is 2.15. The number of para-hydroxylation sites is 1. The molecule has 1 saturated heterocycles. The fraction of sp³-hybridized carbons (Fsp3) is 0.455. The van der Waals surface area contributed by atoms with Crippen LogP contribution in [-0.4, -0.2) is 68.7 Å². The maximum absolute atomic E-state index is 4.34. The van der Waals surface area contributed by atoms with Gasteiger partial charge in [0.05, 0.1) is 0 Å². The van der Waals surface area contributed by atoms with Crippen LogP contribution in [0.4, 0.5) is 5.69 Å². The van der Waals surface area contributed by atoms with E-state index in [1.165, 1.54) is 5.69 Å². The molecular formula is C22H32N6. The standard InChI is InChI=1S/C22H32N6/c1-23-22(26-14-11-20-8-5-6-12-24-20)25-13-7-15-27-16-18-28(19-17-27)21-9-3-2-4-10-21/h2-6,8-10,12H,7,11,13-19H2,1H3,(H2,23,25,26). The summed E-state index contributed by atoms with van der Waals surface area (Å²) in [5, 5.41) is 6.77. The Kier molecular flexibility index (Phi) is 8.12. The van der Waals surface area contributed by atoms with Crippen molar-refractivity contribution in [3.05, 3.63) is 60.4 Å². The molecule has 0 aliphatic carbocycles. The van der Waals surface area contributed by atoms with Gasteiger partial charge in [0.1, 0.15) is 0 Å². The number of hydrogen-bond acceptors (Lipinski definition) is 4. The van der Waals surface area contributed by atoms with Crippen molar-refractivity contribution in [1.82, 2.24) is 20.5 Å². The van der Waals surface area contributed by atoms with Gasteiger partial charge in [-0.25, -0.2) is 0 Å². The number of aromatic nitrogens is 1. The van der Waals surface area contributed by atoms with Crippen molar-refractivity contribution in [3.8, 4) is 0 Å². The number of benzene rings is 1. The second-order valence-corrected chi connectivity index (χ2v) is 7.01. The molecule has 1 aromatic carbocycles. The lowest BCUT2D eigenvalue weighted by molar-refractivity contribution is 0.255. The Morgan fingerprint density at radius 1 is 0.964 bits per heavy atom. The summed E-state index contributed by atoms with van der Waals surface area (Å²) in [6.45, 7) is 7.36. The highest BCUT2D eigenvalue weighted by atomic mass is 15.3. The molecule has 150 valence electrons. The topological polar surface area (TPSA) is 55.8 Å². The van der Waals surface area contributed by atoms with E-state index in [1.807, 2.05) is 25.4 Å². The molecule has 6 heteroatoms. The molecule has 0 unspecified atom stereocenters. The lowest BCUT2D eigenvalue weighted by Crippen LogP contribution is -2.47. The molecule has 0 saturated carbocycles. The van der Waals surface area contributed by atoms with Crippen LogP contribution in [0.5, 0.6) is 0 Å². The van der Waals surface area contributed by atoms with Crippen molar-refractivity contribution < 1.29 is 0 Å². The fourth-order valence-electron chi connectivity index (χ4n) is 3.45. The van der Waals surface area contributed by atoms with Crippen LogP contribution in [0.1, 0.15) is 12.1 Å². The smallest absolute Gasteiger partial charge is 0.190 e. The number of guanidine groups is 1. The zero-order valence-corrected chi connectivity index (χ0v) is 16.8. The first-order valence-electron chi connectivity index (χ1n) is 10.2. The van der Waals surface area contributed by atoms with E-state index in [9.17, 15) is 0 Å². The van der Waals surface area contributed by atoms with Gasteiger partial charge in [-0.1, -0.05) is 24.3 Å². The van der Waals surface area contributed by atoms with Crippen molar-refractivity contribution >= 4 is 11.6 Å². The Balaban J connectivity index is 1.27. The number of piperazine rings is 1. The molecule has 2 N–H and O–H groups in total. The van der Waals surface area contributed by atoms with Crippen LogP contribution in [0.2, 0.25) is 0 Å². The summed E-state index contributed by atoms with van der Waals surface area (Å²) in [6, 6.07) is 16.7. The van der Waals surface area contributed by atoms with Crippen LogP contribution in [0.25, 0.3) is 0 Å². The van der Waals surface area contributed by atoms with Gasteiger partial charge in [-0.2, -0.15) is 0 Å². The van der Waals surface area contributed by atoms with E-state index in [4.69, 9.17) is 0 Å². The number of anilines is 1. The summed E-state index contributed by atoms with van der Waals surface area (Å²) in [7, 11) is 1.82. The van der Waals surface area contributed by atoms with Crippen LogP contribution in [0, 0.1) is 0 Å². The first kappa shape index (κ1) is 20.1. The molecule has 1 aliphatic heterocycles. The molecule has 2 heterocycles. The van der Waals surface area contributed by atoms with Crippen LogP contribution in [0.3, 0.4) is 0 Å². The summed E-state index contributed by atoms with van der Waals surface area (Å²) in [5.74, 6) is 0.866. The van der Waals surface area contributed by atoms with Crippen LogP contribution < -0.4 is 15.5 Å². The zero-order chi connectivity index (χ0) is 19.4. The summed E-state index contributed by atoms with van der Waals surface area (Å²) < 4.78 is 0. The quantitative estimate of drug-likeness (QED) is 0.417. The first-order chi connectivity index (χ1) is 13.8. The first-order valence-corrected chi connectivity index (χ1v) is 10.2. The summed E-state index contributed by atoms with van der Waals surface area (Å²) in [6.07, 6.45) is 3.85. The highest BCUT2D eigenvalue weighted by molar-refractivity contribution is 5.79. The molecule has 3 rings (SSSR count). The normalized spacial score (nSPS) is 15.5. The van der Waals surface area contributed by atoms with E-state index in [2.05, 4.69) is 66.8 Å². The maximum Gasteiger partial charge on any atom is 0.190 e. The Morgan fingerprint density at radius 2 is 1.71 bits per heavy atom. The van der Waals surface area contributed by atoms with E-state index < -0.39 is 0 Å². The van der Waals surface area contributed by atoms with Gasteiger partial charge in [0, 0.05) is 70.3 Å². The summed E-state index contributed by atoms with van der Waals surface area (Å²) in [4.78, 5) is 13.7. The fourth-order valence-corrected chi connectivity index (χ4v) is 3.45. The zero-order valence-electron chi connectivity index (χ0n) is 16.8. The van der Waals surface area contributed by atoms with Gasteiger partial charge in [-0.15, -0.1) is 0 Å². The Hall–Kier alpha value is -2.60. The monoisotopic (exact) mass is 380 g/mol. The van der Waals surface area contributed by atoms with Gasteiger partial charge in [0.2, 0.25) is 0 Å². The third-order valence-electron chi connectivity index (χ3n) is 5.06. The molecule has 2 aromatic rings. The van der Waals surface area contributed by atoms with E-state index >= 15 is 0 Å². The number of aliphatic imine (C=N–C) groups is 1. The molecule has 28 heavy (non-hydrogen) atoms. The Bertz CT molecular complexity index is 695. The molecular weight excluding hydrogens is 348 g/mol. The third kappa shape index (κ3) is 6.53. The van der Waals surface area contributed by atoms with Crippen molar-refractivity contribution in [2.24, 2.45) is 4.99 Å². The van der Waals surface area contributed by atoms with Gasteiger partial charge >= 0.3 is 0 Å². The van der Waals surface area contributed by atoms with Crippen LogP contribution in [-0.2, 0) is 6.42 Å². The van der Waals surface area contributed by atoms with Gasteiger partial charge in [0.15, 0.2) is 5.96 Å². The number of pyridine rings is 1. The van der Waals surface area contributed by atoms with Crippen molar-refractivity contribution in [3.63, 3.8) is 0 Å². The third-order valence-corrected chi connectivity index (χ3v) is 5.06. The molecule has 0 radical (unpaired) electrons. The Morgan fingerprint density at radius 3 is 2.43 bits per heavy atom. The molecule has 0 spiro atoms. The number of rotatable bonds is 8. The van der Waals surface area contributed by atoms with Crippen LogP contribution in [0.15, 0.2) is 59.7 Å². The minimum atomic E-state index is 0.831. The minimum Gasteiger partial charge on any atom is -0.369 e. The summed E-state index contributed by atoms with van der Waals surface area (Å²) in [5.41, 5.74) is 2.43. The second kappa shape index (κ2) is 11.3. The number of hydrogen-bond donors (Lipinski definition) is 2. The molecule has 0 atom stereocenters. The predicted molar refractivity (Wildman–Crippen MR) is 117 cm³/mol. The van der Waals surface area contributed by atoms with E-state index in [1.54, 1.807) is 0 Å². The summed E-state index contributed by atoms with van der Waals surface area (Å²) >= 11 is 0. The number of nitrogens with one attached hydrogen (secondary N) is 2. The molecule has 6 nitrogen and oxygen atoms in total. The average molecular weight is 381 g/mol. The van der Waals surface area contributed by atoms with Crippen molar-refractivity contribution in [2.45, 2.75) is 12.8 Å². The second-order valence-electron chi connectivity index (χ2n) is 7.01. The maximum atomic E-state index is 4.34. The van der Waals surface area contributed by atoms with E-state index in [0.717, 1.165) is 70.3 Å². The van der Waals surface area contributed by atoms with Crippen LogP contribution >= 0.6 is 0 Å². The van der Waals surface area contributed by atoms with Gasteiger partial charge in [-0.3, -0.25) is 14.9 Å². The molecule has 1 aromatic heterocycles. The van der Waals surface area contributed by atoms with Gasteiger partial charge in [0.25, 0.3) is 0 Å². The molecule has 1 aliphatic rings. The molecule has 0 amide bonds.